The Morgan fingerprint density at radius 1 is 1.17 bits per heavy atom. The number of piperazine rings is 1. The highest BCUT2D eigenvalue weighted by molar-refractivity contribution is 6.41. The van der Waals surface area contributed by atoms with Crippen molar-refractivity contribution < 1.29 is 14.3 Å². The predicted octanol–water partition coefficient (Wildman–Crippen LogP) is 0.809. The molecule has 0 bridgehead atoms. The number of methoxy groups -OCH3 is 1. The van der Waals surface area contributed by atoms with Gasteiger partial charge in [-0.3, -0.25) is 14.5 Å². The van der Waals surface area contributed by atoms with Gasteiger partial charge in [-0.1, -0.05) is 6.07 Å². The molecule has 1 aliphatic heterocycles. The fraction of sp³-hybridized carbons (Fsp3) is 0.385. The van der Waals surface area contributed by atoms with Crippen molar-refractivity contribution in [2.45, 2.75) is 6.92 Å². The summed E-state index contributed by atoms with van der Waals surface area (Å²) in [5.74, 6) is -0.385. The van der Waals surface area contributed by atoms with Gasteiger partial charge < -0.3 is 9.64 Å². The number of likely N-dealkylation sites (N-methyl/N-ethyl adjacent to an activating group) is 1. The maximum atomic E-state index is 12.0. The minimum Gasteiger partial charge on any atom is -0.495 e. The summed E-state index contributed by atoms with van der Waals surface area (Å²) in [6, 6.07) is 5.57. The van der Waals surface area contributed by atoms with E-state index < -0.39 is 11.8 Å². The van der Waals surface area contributed by atoms with Crippen molar-refractivity contribution in [2.75, 3.05) is 32.1 Å². The molecule has 5 heteroatoms. The molecule has 1 saturated heterocycles. The fourth-order valence-electron chi connectivity index (χ4n) is 1.97. The van der Waals surface area contributed by atoms with Crippen LogP contribution < -0.4 is 9.64 Å². The fourth-order valence-corrected chi connectivity index (χ4v) is 1.97. The van der Waals surface area contributed by atoms with Gasteiger partial charge in [0.15, 0.2) is 0 Å². The number of aryl methyl sites for hydroxylation is 1. The molecule has 0 unspecified atom stereocenters. The average molecular weight is 248 g/mol. The van der Waals surface area contributed by atoms with E-state index in [1.54, 1.807) is 20.2 Å². The van der Waals surface area contributed by atoms with Crippen molar-refractivity contribution in [3.63, 3.8) is 0 Å². The van der Waals surface area contributed by atoms with Crippen LogP contribution in [0, 0.1) is 6.92 Å². The largest absolute Gasteiger partial charge is 0.495 e. The summed E-state index contributed by atoms with van der Waals surface area (Å²) in [5.41, 5.74) is 1.67. The van der Waals surface area contributed by atoms with Gasteiger partial charge in [0.25, 0.3) is 0 Å². The number of carbonyl (C=O) groups is 2. The third kappa shape index (κ3) is 2.03. The highest BCUT2D eigenvalue weighted by Crippen LogP contribution is 2.30. The van der Waals surface area contributed by atoms with E-state index in [4.69, 9.17) is 4.74 Å². The Morgan fingerprint density at radius 3 is 2.56 bits per heavy atom. The molecule has 0 aliphatic carbocycles. The molecule has 96 valence electrons. The van der Waals surface area contributed by atoms with Crippen LogP contribution in [0.2, 0.25) is 0 Å². The van der Waals surface area contributed by atoms with Gasteiger partial charge in [0, 0.05) is 20.1 Å². The monoisotopic (exact) mass is 248 g/mol. The number of nitrogens with zero attached hydrogens (tertiary/aromatic N) is 2. The molecule has 2 rings (SSSR count). The third-order valence-electron chi connectivity index (χ3n) is 3.06. The van der Waals surface area contributed by atoms with E-state index in [1.807, 2.05) is 19.1 Å². The summed E-state index contributed by atoms with van der Waals surface area (Å²) in [6.07, 6.45) is 0. The molecule has 1 aliphatic rings. The van der Waals surface area contributed by atoms with E-state index in [0.717, 1.165) is 5.56 Å². The van der Waals surface area contributed by atoms with E-state index in [0.29, 0.717) is 24.5 Å². The number of hydrogen-bond donors (Lipinski definition) is 0. The first kappa shape index (κ1) is 12.4. The molecule has 0 spiro atoms. The van der Waals surface area contributed by atoms with Gasteiger partial charge in [-0.25, -0.2) is 0 Å². The van der Waals surface area contributed by atoms with Crippen LogP contribution in [0.1, 0.15) is 5.56 Å². The van der Waals surface area contributed by atoms with Crippen LogP contribution in [0.3, 0.4) is 0 Å². The first-order valence-corrected chi connectivity index (χ1v) is 5.76. The lowest BCUT2D eigenvalue weighted by atomic mass is 10.1. The molecule has 5 nitrogen and oxygen atoms in total. The molecule has 1 heterocycles. The number of ether oxygens (including phenoxy) is 1. The summed E-state index contributed by atoms with van der Waals surface area (Å²) < 4.78 is 5.25. The Balaban J connectivity index is 2.39. The summed E-state index contributed by atoms with van der Waals surface area (Å²) in [6.45, 7) is 2.95. The minimum atomic E-state index is -0.507. The van der Waals surface area contributed by atoms with Crippen molar-refractivity contribution >= 4 is 17.5 Å². The average Bonchev–Trinajstić information content (AvgIpc) is 2.36. The molecule has 0 radical (unpaired) electrons. The molecular formula is C13H16N2O3. The van der Waals surface area contributed by atoms with Crippen LogP contribution in [-0.2, 0) is 9.59 Å². The lowest BCUT2D eigenvalue weighted by Gasteiger charge is -2.32. The molecule has 1 aromatic rings. The minimum absolute atomic E-state index is 0.482. The summed E-state index contributed by atoms with van der Waals surface area (Å²) in [7, 11) is 3.18. The van der Waals surface area contributed by atoms with Gasteiger partial charge in [-0.05, 0) is 24.6 Å². The van der Waals surface area contributed by atoms with Crippen LogP contribution in [-0.4, -0.2) is 44.0 Å². The summed E-state index contributed by atoms with van der Waals surface area (Å²) >= 11 is 0. The molecule has 0 N–H and O–H groups in total. The standard InChI is InChI=1S/C13H16N2O3/c1-9-4-5-11(18-3)10(8-9)15-7-6-14(2)12(16)13(15)17/h4-5,8H,6-7H2,1-3H3. The highest BCUT2D eigenvalue weighted by atomic mass is 16.5. The SMILES string of the molecule is COc1ccc(C)cc1N1CCN(C)C(=O)C1=O. The number of carbonyl (C=O) groups excluding carboxylic acids is 2. The summed E-state index contributed by atoms with van der Waals surface area (Å²) in [5, 5.41) is 0. The number of hydrogen-bond acceptors (Lipinski definition) is 3. The van der Waals surface area contributed by atoms with Crippen molar-refractivity contribution in [2.24, 2.45) is 0 Å². The van der Waals surface area contributed by atoms with Crippen molar-refractivity contribution in [3.8, 4) is 5.75 Å². The van der Waals surface area contributed by atoms with Crippen LogP contribution in [0.25, 0.3) is 0 Å². The van der Waals surface area contributed by atoms with Crippen molar-refractivity contribution in [1.82, 2.24) is 4.90 Å². The second-order valence-electron chi connectivity index (χ2n) is 4.36. The molecule has 0 atom stereocenters. The van der Waals surface area contributed by atoms with Gasteiger partial charge in [0.2, 0.25) is 0 Å². The van der Waals surface area contributed by atoms with Gasteiger partial charge in [0.1, 0.15) is 5.75 Å². The van der Waals surface area contributed by atoms with E-state index in [-0.39, 0.29) is 0 Å². The smallest absolute Gasteiger partial charge is 0.316 e. The second-order valence-corrected chi connectivity index (χ2v) is 4.36. The van der Waals surface area contributed by atoms with E-state index in [1.165, 1.54) is 9.80 Å². The molecule has 0 aromatic heterocycles. The molecular weight excluding hydrogens is 232 g/mol. The molecule has 2 amide bonds. The van der Waals surface area contributed by atoms with Crippen LogP contribution in [0.15, 0.2) is 18.2 Å². The first-order valence-electron chi connectivity index (χ1n) is 5.76. The molecule has 1 aromatic carbocycles. The van der Waals surface area contributed by atoms with Crippen LogP contribution in [0.5, 0.6) is 5.75 Å². The van der Waals surface area contributed by atoms with Gasteiger partial charge in [0.05, 0.1) is 12.8 Å². The Labute approximate surface area is 106 Å². The zero-order valence-electron chi connectivity index (χ0n) is 10.8. The van der Waals surface area contributed by atoms with E-state index in [9.17, 15) is 9.59 Å². The predicted molar refractivity (Wildman–Crippen MR) is 67.7 cm³/mol. The Morgan fingerprint density at radius 2 is 1.89 bits per heavy atom. The molecule has 1 fully saturated rings. The molecule has 0 saturated carbocycles. The van der Waals surface area contributed by atoms with Crippen molar-refractivity contribution in [3.05, 3.63) is 23.8 Å². The van der Waals surface area contributed by atoms with Crippen LogP contribution >= 0.6 is 0 Å². The topological polar surface area (TPSA) is 49.9 Å². The van der Waals surface area contributed by atoms with Crippen LogP contribution in [0.4, 0.5) is 5.69 Å². The quantitative estimate of drug-likeness (QED) is 0.728. The third-order valence-corrected chi connectivity index (χ3v) is 3.06. The molecule has 18 heavy (non-hydrogen) atoms. The van der Waals surface area contributed by atoms with Crippen molar-refractivity contribution in [1.29, 1.82) is 0 Å². The zero-order valence-corrected chi connectivity index (χ0v) is 10.8. The lowest BCUT2D eigenvalue weighted by molar-refractivity contribution is -0.145. The number of anilines is 1. The first-order chi connectivity index (χ1) is 8.54. The number of rotatable bonds is 2. The normalized spacial score (nSPS) is 16.2. The summed E-state index contributed by atoms with van der Waals surface area (Å²) in [4.78, 5) is 26.6. The Hall–Kier alpha value is -2.04. The Kier molecular flexibility index (Phi) is 3.23. The lowest BCUT2D eigenvalue weighted by Crippen LogP contribution is -2.53. The Bertz CT molecular complexity index is 499. The zero-order chi connectivity index (χ0) is 13.3. The van der Waals surface area contributed by atoms with Gasteiger partial charge in [-0.2, -0.15) is 0 Å². The maximum absolute atomic E-state index is 12.0. The second kappa shape index (κ2) is 4.68. The van der Waals surface area contributed by atoms with Gasteiger partial charge in [-0.15, -0.1) is 0 Å². The number of benzene rings is 1. The highest BCUT2D eigenvalue weighted by Gasteiger charge is 2.32. The van der Waals surface area contributed by atoms with E-state index in [2.05, 4.69) is 0 Å². The van der Waals surface area contributed by atoms with Gasteiger partial charge >= 0.3 is 11.8 Å². The van der Waals surface area contributed by atoms with E-state index >= 15 is 0 Å². The number of amides is 2. The maximum Gasteiger partial charge on any atom is 0.316 e.